The first kappa shape index (κ1) is 17.7. The highest BCUT2D eigenvalue weighted by atomic mass is 16.3. The topological polar surface area (TPSA) is 40.5 Å². The van der Waals surface area contributed by atoms with Gasteiger partial charge in [-0.05, 0) is 68.9 Å². The maximum Gasteiger partial charge on any atom is 0.254 e. The normalized spacial score (nSPS) is 10.8. The molecule has 0 saturated heterocycles. The summed E-state index contributed by atoms with van der Waals surface area (Å²) >= 11 is 0. The average molecular weight is 291 g/mol. The van der Waals surface area contributed by atoms with E-state index in [2.05, 4.69) is 27.7 Å². The van der Waals surface area contributed by atoms with E-state index in [-0.39, 0.29) is 12.5 Å². The summed E-state index contributed by atoms with van der Waals surface area (Å²) in [5, 5.41) is 9.23. The molecule has 1 aromatic carbocycles. The average Bonchev–Trinajstić information content (AvgIpc) is 2.47. The van der Waals surface area contributed by atoms with Crippen molar-refractivity contribution in [2.24, 2.45) is 0 Å². The van der Waals surface area contributed by atoms with Crippen LogP contribution < -0.4 is 0 Å². The first-order valence-electron chi connectivity index (χ1n) is 7.83. The molecule has 3 heteroatoms. The molecule has 1 aromatic rings. The number of aliphatic hydroxyl groups is 1. The Kier molecular flexibility index (Phi) is 6.41. The van der Waals surface area contributed by atoms with Gasteiger partial charge in [-0.1, -0.05) is 13.3 Å². The number of unbranched alkanes of at least 4 members (excludes halogenated alkanes) is 1. The van der Waals surface area contributed by atoms with E-state index >= 15 is 0 Å². The van der Waals surface area contributed by atoms with E-state index in [1.807, 2.05) is 13.8 Å². The molecule has 0 aliphatic rings. The van der Waals surface area contributed by atoms with Gasteiger partial charge in [-0.3, -0.25) is 4.79 Å². The third-order valence-electron chi connectivity index (χ3n) is 4.65. The lowest BCUT2D eigenvalue weighted by molar-refractivity contribution is 0.0717. The van der Waals surface area contributed by atoms with E-state index in [1.54, 1.807) is 4.90 Å². The molecule has 0 aromatic heterocycles. The molecular formula is C18H29NO2. The fourth-order valence-corrected chi connectivity index (χ4v) is 2.76. The minimum atomic E-state index is 0.0113. The van der Waals surface area contributed by atoms with Crippen molar-refractivity contribution < 1.29 is 9.90 Å². The van der Waals surface area contributed by atoms with Gasteiger partial charge in [-0.15, -0.1) is 0 Å². The molecule has 1 N–H and O–H groups in total. The second-order valence-corrected chi connectivity index (χ2v) is 5.87. The maximum absolute atomic E-state index is 12.9. The van der Waals surface area contributed by atoms with Crippen LogP contribution in [0.3, 0.4) is 0 Å². The summed E-state index contributed by atoms with van der Waals surface area (Å²) in [6.07, 6.45) is 2.01. The lowest BCUT2D eigenvalue weighted by atomic mass is 9.89. The largest absolute Gasteiger partial charge is 0.395 e. The Morgan fingerprint density at radius 3 is 1.81 bits per heavy atom. The van der Waals surface area contributed by atoms with Crippen LogP contribution in [0.5, 0.6) is 0 Å². The highest BCUT2D eigenvalue weighted by Gasteiger charge is 2.22. The summed E-state index contributed by atoms with van der Waals surface area (Å²) in [6, 6.07) is 0. The molecule has 0 bridgehead atoms. The van der Waals surface area contributed by atoms with Crippen molar-refractivity contribution in [2.45, 2.75) is 54.4 Å². The smallest absolute Gasteiger partial charge is 0.254 e. The summed E-state index contributed by atoms with van der Waals surface area (Å²) < 4.78 is 0. The van der Waals surface area contributed by atoms with Gasteiger partial charge in [-0.2, -0.15) is 0 Å². The molecule has 0 unspecified atom stereocenters. The Morgan fingerprint density at radius 2 is 1.38 bits per heavy atom. The zero-order valence-corrected chi connectivity index (χ0v) is 14.3. The number of hydrogen-bond acceptors (Lipinski definition) is 2. The van der Waals surface area contributed by atoms with Crippen molar-refractivity contribution in [3.8, 4) is 0 Å². The number of benzene rings is 1. The van der Waals surface area contributed by atoms with Crippen LogP contribution in [0.2, 0.25) is 0 Å². The molecule has 21 heavy (non-hydrogen) atoms. The Bertz CT molecular complexity index is 491. The van der Waals surface area contributed by atoms with Crippen molar-refractivity contribution in [2.75, 3.05) is 19.7 Å². The van der Waals surface area contributed by atoms with Crippen molar-refractivity contribution >= 4 is 5.91 Å². The quantitative estimate of drug-likeness (QED) is 0.872. The van der Waals surface area contributed by atoms with Crippen molar-refractivity contribution in [3.05, 3.63) is 33.4 Å². The number of rotatable bonds is 6. The second-order valence-electron chi connectivity index (χ2n) is 5.87. The summed E-state index contributed by atoms with van der Waals surface area (Å²) in [4.78, 5) is 14.7. The van der Waals surface area contributed by atoms with Gasteiger partial charge >= 0.3 is 0 Å². The highest BCUT2D eigenvalue weighted by molar-refractivity contribution is 5.98. The van der Waals surface area contributed by atoms with Gasteiger partial charge in [0.1, 0.15) is 0 Å². The molecule has 3 nitrogen and oxygen atoms in total. The van der Waals surface area contributed by atoms with E-state index in [4.69, 9.17) is 0 Å². The molecular weight excluding hydrogens is 262 g/mol. The number of carbonyl (C=O) groups excluding carboxylic acids is 1. The molecule has 0 spiro atoms. The van der Waals surface area contributed by atoms with Crippen LogP contribution in [0.25, 0.3) is 0 Å². The molecule has 118 valence electrons. The second kappa shape index (κ2) is 7.60. The van der Waals surface area contributed by atoms with E-state index in [0.29, 0.717) is 13.1 Å². The van der Waals surface area contributed by atoms with Crippen LogP contribution in [0.15, 0.2) is 0 Å². The minimum absolute atomic E-state index is 0.0113. The zero-order chi connectivity index (χ0) is 16.2. The molecule has 1 rings (SSSR count). The first-order valence-corrected chi connectivity index (χ1v) is 7.83. The Morgan fingerprint density at radius 1 is 0.905 bits per heavy atom. The Labute approximate surface area is 129 Å². The predicted octanol–water partition coefficient (Wildman–Crippen LogP) is 3.46. The highest BCUT2D eigenvalue weighted by Crippen LogP contribution is 2.27. The molecule has 0 aliphatic heterocycles. The van der Waals surface area contributed by atoms with Gasteiger partial charge in [0.2, 0.25) is 0 Å². The first-order chi connectivity index (χ1) is 9.86. The molecule has 0 atom stereocenters. The Hall–Kier alpha value is -1.35. The molecule has 0 saturated carbocycles. The minimum Gasteiger partial charge on any atom is -0.395 e. The molecule has 0 fully saturated rings. The van der Waals surface area contributed by atoms with Gasteiger partial charge in [0.05, 0.1) is 6.61 Å². The third-order valence-corrected chi connectivity index (χ3v) is 4.65. The van der Waals surface area contributed by atoms with E-state index < -0.39 is 0 Å². The van der Waals surface area contributed by atoms with Crippen molar-refractivity contribution in [3.63, 3.8) is 0 Å². The fraction of sp³-hybridized carbons (Fsp3) is 0.611. The van der Waals surface area contributed by atoms with Crippen molar-refractivity contribution in [1.82, 2.24) is 4.90 Å². The monoisotopic (exact) mass is 291 g/mol. The summed E-state index contributed by atoms with van der Waals surface area (Å²) in [6.45, 7) is 13.6. The number of carbonyl (C=O) groups is 1. The van der Waals surface area contributed by atoms with Gasteiger partial charge in [0.15, 0.2) is 0 Å². The van der Waals surface area contributed by atoms with Crippen LogP contribution >= 0.6 is 0 Å². The van der Waals surface area contributed by atoms with Crippen LogP contribution in [-0.4, -0.2) is 35.6 Å². The van der Waals surface area contributed by atoms with Gasteiger partial charge < -0.3 is 10.0 Å². The Balaban J connectivity index is 3.27. The van der Waals surface area contributed by atoms with Crippen LogP contribution in [0.4, 0.5) is 0 Å². The van der Waals surface area contributed by atoms with Crippen molar-refractivity contribution in [1.29, 1.82) is 0 Å². The fourth-order valence-electron chi connectivity index (χ4n) is 2.76. The summed E-state index contributed by atoms with van der Waals surface area (Å²) in [5.74, 6) is 0.0544. The summed E-state index contributed by atoms with van der Waals surface area (Å²) in [5.41, 5.74) is 6.62. The number of amides is 1. The van der Waals surface area contributed by atoms with Gasteiger partial charge in [0, 0.05) is 18.7 Å². The lowest BCUT2D eigenvalue weighted by Gasteiger charge is -2.25. The molecule has 0 aliphatic carbocycles. The van der Waals surface area contributed by atoms with E-state index in [9.17, 15) is 9.90 Å². The van der Waals surface area contributed by atoms with Crippen LogP contribution in [0.1, 0.15) is 57.9 Å². The number of hydrogen-bond donors (Lipinski definition) is 1. The number of nitrogens with zero attached hydrogens (tertiary/aromatic N) is 1. The third kappa shape index (κ3) is 3.65. The SMILES string of the molecule is CCCCN(CCO)C(=O)c1c(C)c(C)c(C)c(C)c1C. The predicted molar refractivity (Wildman–Crippen MR) is 88.0 cm³/mol. The molecule has 0 radical (unpaired) electrons. The standard InChI is InChI=1S/C18H29NO2/c1-7-8-9-19(10-11-20)18(21)17-15(5)13(3)12(2)14(4)16(17)6/h20H,7-11H2,1-6H3. The van der Waals surface area contributed by atoms with Gasteiger partial charge in [-0.25, -0.2) is 0 Å². The number of aliphatic hydroxyl groups excluding tert-OH is 1. The molecule has 0 heterocycles. The van der Waals surface area contributed by atoms with Crippen LogP contribution in [-0.2, 0) is 0 Å². The molecule has 1 amide bonds. The van der Waals surface area contributed by atoms with E-state index in [0.717, 1.165) is 29.5 Å². The van der Waals surface area contributed by atoms with Crippen LogP contribution in [0, 0.1) is 34.6 Å². The van der Waals surface area contributed by atoms with Gasteiger partial charge in [0.25, 0.3) is 5.91 Å². The van der Waals surface area contributed by atoms with E-state index in [1.165, 1.54) is 16.7 Å². The maximum atomic E-state index is 12.9. The zero-order valence-electron chi connectivity index (χ0n) is 14.3. The lowest BCUT2D eigenvalue weighted by Crippen LogP contribution is -2.35. The summed E-state index contributed by atoms with van der Waals surface area (Å²) in [7, 11) is 0.